The molecule has 0 bridgehead atoms. The van der Waals surface area contributed by atoms with Gasteiger partial charge in [0.2, 0.25) is 9.84 Å². The van der Waals surface area contributed by atoms with E-state index in [9.17, 15) is 18.3 Å². The van der Waals surface area contributed by atoms with Crippen molar-refractivity contribution in [2.75, 3.05) is 6.54 Å². The Bertz CT molecular complexity index is 588. The van der Waals surface area contributed by atoms with Crippen LogP contribution in [0.5, 0.6) is 0 Å². The zero-order chi connectivity index (χ0) is 14.9. The van der Waals surface area contributed by atoms with Crippen LogP contribution in [0.1, 0.15) is 13.8 Å². The Morgan fingerprint density at radius 3 is 2.45 bits per heavy atom. The Morgan fingerprint density at radius 2 is 1.90 bits per heavy atom. The van der Waals surface area contributed by atoms with Crippen molar-refractivity contribution < 1.29 is 18.3 Å². The van der Waals surface area contributed by atoms with Crippen molar-refractivity contribution in [3.8, 4) is 0 Å². The molecule has 20 heavy (non-hydrogen) atoms. The number of nitrogens with zero attached hydrogens (tertiary/aromatic N) is 1. The average Bonchev–Trinajstić information content (AvgIpc) is 2.38. The first-order valence-corrected chi connectivity index (χ1v) is 7.93. The molecule has 2 rings (SSSR count). The van der Waals surface area contributed by atoms with Gasteiger partial charge in [0.25, 0.3) is 0 Å². The van der Waals surface area contributed by atoms with Crippen LogP contribution in [0.4, 0.5) is 4.79 Å². The molecule has 6 nitrogen and oxygen atoms in total. The van der Waals surface area contributed by atoms with Crippen LogP contribution in [-0.4, -0.2) is 48.5 Å². The largest absolute Gasteiger partial charge is 0.465 e. The summed E-state index contributed by atoms with van der Waals surface area (Å²) in [6.45, 7) is 3.67. The molecule has 1 aliphatic heterocycles. The lowest BCUT2D eigenvalue weighted by molar-refractivity contribution is 0.107. The number of carbonyl (C=O) groups is 1. The molecule has 0 saturated carbocycles. The lowest BCUT2D eigenvalue weighted by Gasteiger charge is -2.41. The van der Waals surface area contributed by atoms with E-state index in [0.29, 0.717) is 0 Å². The van der Waals surface area contributed by atoms with Gasteiger partial charge in [0.1, 0.15) is 0 Å². The molecular formula is C13H18N2O4S. The van der Waals surface area contributed by atoms with Gasteiger partial charge in [-0.1, -0.05) is 18.2 Å². The number of sulfone groups is 1. The summed E-state index contributed by atoms with van der Waals surface area (Å²) in [5, 5.41) is 11.3. The maximum Gasteiger partial charge on any atom is 0.408 e. The van der Waals surface area contributed by atoms with Gasteiger partial charge in [0.05, 0.1) is 4.90 Å². The highest BCUT2D eigenvalue weighted by Crippen LogP contribution is 2.24. The van der Waals surface area contributed by atoms with E-state index in [2.05, 4.69) is 5.32 Å². The van der Waals surface area contributed by atoms with Crippen molar-refractivity contribution in [2.24, 2.45) is 0 Å². The molecular weight excluding hydrogens is 280 g/mol. The van der Waals surface area contributed by atoms with Gasteiger partial charge in [-0.25, -0.2) is 13.2 Å². The third-order valence-corrected chi connectivity index (χ3v) is 5.62. The summed E-state index contributed by atoms with van der Waals surface area (Å²) in [6, 6.07) is 7.39. The first kappa shape index (κ1) is 14.8. The fourth-order valence-electron chi connectivity index (χ4n) is 2.63. The molecule has 3 unspecified atom stereocenters. The Labute approximate surface area is 118 Å². The second-order valence-electron chi connectivity index (χ2n) is 5.04. The number of carboxylic acid groups (broad SMARTS) is 1. The number of hydrogen-bond donors (Lipinski definition) is 2. The standard InChI is InChI=1S/C13H18N2O4S/c1-9-8-15(13(16)17)12(10(2)14-9)20(18,19)11-6-4-3-5-7-11/h3-7,9-10,12,14H,8H2,1-2H3,(H,16,17). The van der Waals surface area contributed by atoms with Crippen LogP contribution in [0, 0.1) is 0 Å². The fourth-order valence-corrected chi connectivity index (χ4v) is 4.57. The maximum absolute atomic E-state index is 12.7. The summed E-state index contributed by atoms with van der Waals surface area (Å²) in [4.78, 5) is 12.5. The molecule has 1 amide bonds. The summed E-state index contributed by atoms with van der Waals surface area (Å²) >= 11 is 0. The van der Waals surface area contributed by atoms with Crippen molar-refractivity contribution in [1.29, 1.82) is 0 Å². The highest BCUT2D eigenvalue weighted by atomic mass is 32.2. The van der Waals surface area contributed by atoms with Gasteiger partial charge in [0.15, 0.2) is 5.37 Å². The highest BCUT2D eigenvalue weighted by molar-refractivity contribution is 7.92. The molecule has 3 atom stereocenters. The molecule has 110 valence electrons. The van der Waals surface area contributed by atoms with Crippen molar-refractivity contribution in [1.82, 2.24) is 10.2 Å². The van der Waals surface area contributed by atoms with E-state index in [-0.39, 0.29) is 17.5 Å². The number of nitrogens with one attached hydrogen (secondary N) is 1. The molecule has 1 aliphatic rings. The summed E-state index contributed by atoms with van der Waals surface area (Å²) in [7, 11) is -3.75. The van der Waals surface area contributed by atoms with Crippen LogP contribution in [0.3, 0.4) is 0 Å². The SMILES string of the molecule is CC1CN(C(=O)O)C(S(=O)(=O)c2ccccc2)C(C)N1. The van der Waals surface area contributed by atoms with Gasteiger partial charge < -0.3 is 10.4 Å². The van der Waals surface area contributed by atoms with Gasteiger partial charge in [-0.15, -0.1) is 0 Å². The topological polar surface area (TPSA) is 86.7 Å². The van der Waals surface area contributed by atoms with E-state index in [1.807, 2.05) is 6.92 Å². The van der Waals surface area contributed by atoms with E-state index in [1.54, 1.807) is 25.1 Å². The summed E-state index contributed by atoms with van der Waals surface area (Å²) in [6.07, 6.45) is -1.21. The van der Waals surface area contributed by atoms with Crippen LogP contribution in [0.2, 0.25) is 0 Å². The van der Waals surface area contributed by atoms with E-state index in [4.69, 9.17) is 0 Å². The molecule has 7 heteroatoms. The quantitative estimate of drug-likeness (QED) is 0.855. The summed E-state index contributed by atoms with van der Waals surface area (Å²) < 4.78 is 25.3. The molecule has 1 fully saturated rings. The van der Waals surface area contributed by atoms with Crippen LogP contribution >= 0.6 is 0 Å². The van der Waals surface area contributed by atoms with E-state index < -0.39 is 27.3 Å². The molecule has 0 aliphatic carbocycles. The van der Waals surface area contributed by atoms with E-state index >= 15 is 0 Å². The number of piperazine rings is 1. The molecule has 0 spiro atoms. The molecule has 2 N–H and O–H groups in total. The third-order valence-electron chi connectivity index (χ3n) is 3.39. The van der Waals surface area contributed by atoms with Gasteiger partial charge in [-0.05, 0) is 26.0 Å². The van der Waals surface area contributed by atoms with Crippen LogP contribution in [0.25, 0.3) is 0 Å². The second-order valence-corrected chi connectivity index (χ2v) is 7.08. The van der Waals surface area contributed by atoms with Gasteiger partial charge in [0, 0.05) is 18.6 Å². The summed E-state index contributed by atoms with van der Waals surface area (Å²) in [5.74, 6) is 0. The molecule has 1 saturated heterocycles. The van der Waals surface area contributed by atoms with Gasteiger partial charge >= 0.3 is 6.09 Å². The minimum atomic E-state index is -3.75. The molecule has 1 aromatic carbocycles. The van der Waals surface area contributed by atoms with E-state index in [1.165, 1.54) is 12.1 Å². The number of amides is 1. The Morgan fingerprint density at radius 1 is 1.30 bits per heavy atom. The van der Waals surface area contributed by atoms with Crippen LogP contribution in [0.15, 0.2) is 35.2 Å². The minimum Gasteiger partial charge on any atom is -0.465 e. The third kappa shape index (κ3) is 2.64. The second kappa shape index (κ2) is 5.41. The lowest BCUT2D eigenvalue weighted by atomic mass is 10.1. The normalized spacial score (nSPS) is 27.3. The van der Waals surface area contributed by atoms with E-state index in [0.717, 1.165) is 4.90 Å². The van der Waals surface area contributed by atoms with Crippen molar-refractivity contribution >= 4 is 15.9 Å². The Balaban J connectivity index is 2.44. The average molecular weight is 298 g/mol. The maximum atomic E-state index is 12.7. The van der Waals surface area contributed by atoms with Crippen molar-refractivity contribution in [2.45, 2.75) is 36.2 Å². The first-order valence-electron chi connectivity index (χ1n) is 6.38. The first-order chi connectivity index (χ1) is 9.34. The monoisotopic (exact) mass is 298 g/mol. The van der Waals surface area contributed by atoms with Crippen LogP contribution < -0.4 is 5.32 Å². The molecule has 0 radical (unpaired) electrons. The Kier molecular flexibility index (Phi) is 4.01. The smallest absolute Gasteiger partial charge is 0.408 e. The minimum absolute atomic E-state index is 0.0803. The number of rotatable bonds is 2. The predicted molar refractivity (Wildman–Crippen MR) is 74.2 cm³/mol. The number of hydrogen-bond acceptors (Lipinski definition) is 4. The Hall–Kier alpha value is -1.60. The lowest BCUT2D eigenvalue weighted by Crippen LogP contribution is -2.64. The fraction of sp³-hybridized carbons (Fsp3) is 0.462. The zero-order valence-electron chi connectivity index (χ0n) is 11.4. The molecule has 1 aromatic rings. The molecule has 0 aromatic heterocycles. The van der Waals surface area contributed by atoms with Gasteiger partial charge in [-0.2, -0.15) is 0 Å². The predicted octanol–water partition coefficient (Wildman–Crippen LogP) is 1.15. The highest BCUT2D eigenvalue weighted by Gasteiger charge is 2.43. The van der Waals surface area contributed by atoms with Crippen molar-refractivity contribution in [3.05, 3.63) is 30.3 Å². The van der Waals surface area contributed by atoms with Gasteiger partial charge in [-0.3, -0.25) is 4.90 Å². The zero-order valence-corrected chi connectivity index (χ0v) is 12.2. The van der Waals surface area contributed by atoms with Crippen LogP contribution in [-0.2, 0) is 9.84 Å². The summed E-state index contributed by atoms with van der Waals surface area (Å²) in [5.41, 5.74) is 0. The van der Waals surface area contributed by atoms with Crippen molar-refractivity contribution in [3.63, 3.8) is 0 Å². The number of benzene rings is 1. The molecule has 1 heterocycles.